The van der Waals surface area contributed by atoms with E-state index in [4.69, 9.17) is 0 Å². The third kappa shape index (κ3) is 1.69. The molecule has 2 aromatic rings. The van der Waals surface area contributed by atoms with Crippen LogP contribution in [-0.4, -0.2) is 23.3 Å². The van der Waals surface area contributed by atoms with Crippen molar-refractivity contribution in [2.75, 3.05) is 18.0 Å². The fraction of sp³-hybridized carbons (Fsp3) is 0.308. The standard InChI is InChI=1S/C13H15N3/c1-2-6-11(7-3-1)12-10-13(15-14-12)16-8-4-5-9-16/h1-3,6-7,10H,4-5,8-9H2,(H,14,15). The van der Waals surface area contributed by atoms with E-state index in [9.17, 15) is 0 Å². The molecule has 0 radical (unpaired) electrons. The van der Waals surface area contributed by atoms with Gasteiger partial charge in [-0.25, -0.2) is 0 Å². The van der Waals surface area contributed by atoms with Gasteiger partial charge in [0.2, 0.25) is 0 Å². The topological polar surface area (TPSA) is 31.9 Å². The van der Waals surface area contributed by atoms with E-state index in [0.29, 0.717) is 0 Å². The van der Waals surface area contributed by atoms with Crippen LogP contribution in [0.2, 0.25) is 0 Å². The van der Waals surface area contributed by atoms with Crippen molar-refractivity contribution in [1.29, 1.82) is 0 Å². The molecule has 0 unspecified atom stereocenters. The van der Waals surface area contributed by atoms with Crippen LogP contribution in [0.5, 0.6) is 0 Å². The summed E-state index contributed by atoms with van der Waals surface area (Å²) in [4.78, 5) is 2.34. The van der Waals surface area contributed by atoms with Crippen molar-refractivity contribution in [1.82, 2.24) is 10.2 Å². The first kappa shape index (κ1) is 9.46. The average Bonchev–Trinajstić information content (AvgIpc) is 3.01. The number of H-pyrrole nitrogens is 1. The van der Waals surface area contributed by atoms with Gasteiger partial charge in [0.15, 0.2) is 5.82 Å². The summed E-state index contributed by atoms with van der Waals surface area (Å²) >= 11 is 0. The lowest BCUT2D eigenvalue weighted by Gasteiger charge is -2.12. The fourth-order valence-corrected chi connectivity index (χ4v) is 2.18. The maximum absolute atomic E-state index is 4.38. The molecule has 0 aliphatic carbocycles. The van der Waals surface area contributed by atoms with Crippen molar-refractivity contribution >= 4 is 5.82 Å². The molecule has 1 N–H and O–H groups in total. The minimum atomic E-state index is 1.08. The number of benzene rings is 1. The summed E-state index contributed by atoms with van der Waals surface area (Å²) < 4.78 is 0. The van der Waals surface area contributed by atoms with Crippen LogP contribution in [0, 0.1) is 0 Å². The van der Waals surface area contributed by atoms with E-state index in [1.165, 1.54) is 18.4 Å². The van der Waals surface area contributed by atoms with Gasteiger partial charge in [-0.1, -0.05) is 30.3 Å². The number of hydrogen-bond acceptors (Lipinski definition) is 2. The zero-order valence-electron chi connectivity index (χ0n) is 9.19. The van der Waals surface area contributed by atoms with Gasteiger partial charge in [-0.3, -0.25) is 5.10 Å². The Bertz CT molecular complexity index is 455. The molecule has 3 rings (SSSR count). The smallest absolute Gasteiger partial charge is 0.150 e. The largest absolute Gasteiger partial charge is 0.355 e. The number of hydrogen-bond donors (Lipinski definition) is 1. The Hall–Kier alpha value is -1.77. The summed E-state index contributed by atoms with van der Waals surface area (Å²) in [5, 5.41) is 7.48. The van der Waals surface area contributed by atoms with Crippen LogP contribution in [-0.2, 0) is 0 Å². The molecule has 0 atom stereocenters. The van der Waals surface area contributed by atoms with Crippen LogP contribution in [0.15, 0.2) is 36.4 Å². The number of rotatable bonds is 2. The van der Waals surface area contributed by atoms with Crippen LogP contribution in [0.25, 0.3) is 11.3 Å². The maximum Gasteiger partial charge on any atom is 0.150 e. The second-order valence-electron chi connectivity index (χ2n) is 4.20. The molecule has 16 heavy (non-hydrogen) atoms. The Morgan fingerprint density at radius 1 is 1.06 bits per heavy atom. The highest BCUT2D eigenvalue weighted by Gasteiger charge is 2.15. The van der Waals surface area contributed by atoms with Crippen molar-refractivity contribution in [3.05, 3.63) is 36.4 Å². The highest BCUT2D eigenvalue weighted by molar-refractivity contribution is 5.63. The van der Waals surface area contributed by atoms with Crippen LogP contribution in [0.3, 0.4) is 0 Å². The van der Waals surface area contributed by atoms with Gasteiger partial charge in [-0.15, -0.1) is 0 Å². The van der Waals surface area contributed by atoms with Gasteiger partial charge in [0.1, 0.15) is 0 Å². The third-order valence-electron chi connectivity index (χ3n) is 3.08. The van der Waals surface area contributed by atoms with Gasteiger partial charge in [0.05, 0.1) is 5.69 Å². The molecular formula is C13H15N3. The lowest BCUT2D eigenvalue weighted by atomic mass is 10.1. The Morgan fingerprint density at radius 2 is 1.81 bits per heavy atom. The van der Waals surface area contributed by atoms with E-state index in [2.05, 4.69) is 33.3 Å². The van der Waals surface area contributed by atoms with Gasteiger partial charge >= 0.3 is 0 Å². The fourth-order valence-electron chi connectivity index (χ4n) is 2.18. The van der Waals surface area contributed by atoms with Gasteiger partial charge in [-0.2, -0.15) is 5.10 Å². The number of nitrogens with one attached hydrogen (secondary N) is 1. The van der Waals surface area contributed by atoms with Crippen molar-refractivity contribution in [3.8, 4) is 11.3 Å². The molecule has 3 nitrogen and oxygen atoms in total. The Labute approximate surface area is 95.1 Å². The highest BCUT2D eigenvalue weighted by Crippen LogP contribution is 2.23. The molecule has 0 saturated carbocycles. The van der Waals surface area contributed by atoms with Gasteiger partial charge in [0, 0.05) is 19.2 Å². The molecule has 0 amide bonds. The third-order valence-corrected chi connectivity index (χ3v) is 3.08. The predicted octanol–water partition coefficient (Wildman–Crippen LogP) is 2.68. The molecule has 2 heterocycles. The van der Waals surface area contributed by atoms with Crippen LogP contribution >= 0.6 is 0 Å². The second-order valence-corrected chi connectivity index (χ2v) is 4.20. The van der Waals surface area contributed by atoms with Crippen molar-refractivity contribution in [2.45, 2.75) is 12.8 Å². The van der Waals surface area contributed by atoms with Crippen LogP contribution in [0.1, 0.15) is 12.8 Å². The minimum Gasteiger partial charge on any atom is -0.355 e. The molecule has 1 aliphatic rings. The first-order chi connectivity index (χ1) is 7.93. The Morgan fingerprint density at radius 3 is 2.56 bits per heavy atom. The lowest BCUT2D eigenvalue weighted by Crippen LogP contribution is -2.17. The van der Waals surface area contributed by atoms with Crippen molar-refractivity contribution in [3.63, 3.8) is 0 Å². The summed E-state index contributed by atoms with van der Waals surface area (Å²) in [6.45, 7) is 2.28. The maximum atomic E-state index is 4.38. The summed E-state index contributed by atoms with van der Waals surface area (Å²) in [5.74, 6) is 1.08. The molecule has 82 valence electrons. The van der Waals surface area contributed by atoms with Crippen molar-refractivity contribution < 1.29 is 0 Å². The Balaban J connectivity index is 1.87. The molecule has 1 aliphatic heterocycles. The van der Waals surface area contributed by atoms with Gasteiger partial charge in [0.25, 0.3) is 0 Å². The number of nitrogens with zero attached hydrogens (tertiary/aromatic N) is 2. The van der Waals surface area contributed by atoms with Gasteiger partial charge < -0.3 is 4.90 Å². The summed E-state index contributed by atoms with van der Waals surface area (Å²) in [5.41, 5.74) is 2.29. The second kappa shape index (κ2) is 4.00. The number of aromatic amines is 1. The molecule has 0 spiro atoms. The lowest BCUT2D eigenvalue weighted by molar-refractivity contribution is 0.921. The zero-order valence-corrected chi connectivity index (χ0v) is 9.19. The van der Waals surface area contributed by atoms with E-state index in [1.54, 1.807) is 0 Å². The SMILES string of the molecule is c1ccc(-c2cc(N3CCCC3)n[nH]2)cc1. The van der Waals surface area contributed by atoms with E-state index < -0.39 is 0 Å². The normalized spacial score (nSPS) is 15.6. The monoisotopic (exact) mass is 213 g/mol. The Kier molecular flexibility index (Phi) is 2.37. The molecule has 1 aromatic heterocycles. The summed E-state index contributed by atoms with van der Waals surface area (Å²) in [7, 11) is 0. The first-order valence-electron chi connectivity index (χ1n) is 5.79. The predicted molar refractivity (Wildman–Crippen MR) is 65.5 cm³/mol. The zero-order chi connectivity index (χ0) is 10.8. The molecule has 1 fully saturated rings. The van der Waals surface area contributed by atoms with E-state index in [1.807, 2.05) is 18.2 Å². The molecule has 3 heteroatoms. The van der Waals surface area contributed by atoms with Gasteiger partial charge in [-0.05, 0) is 18.4 Å². The minimum absolute atomic E-state index is 1.08. The summed E-state index contributed by atoms with van der Waals surface area (Å²) in [6.07, 6.45) is 2.57. The van der Waals surface area contributed by atoms with Crippen LogP contribution < -0.4 is 4.90 Å². The van der Waals surface area contributed by atoms with E-state index in [0.717, 1.165) is 24.6 Å². The van der Waals surface area contributed by atoms with E-state index in [-0.39, 0.29) is 0 Å². The molecule has 1 saturated heterocycles. The quantitative estimate of drug-likeness (QED) is 0.831. The highest BCUT2D eigenvalue weighted by atomic mass is 15.3. The molecular weight excluding hydrogens is 198 g/mol. The number of aromatic nitrogens is 2. The van der Waals surface area contributed by atoms with Crippen molar-refractivity contribution in [2.24, 2.45) is 0 Å². The summed E-state index contributed by atoms with van der Waals surface area (Å²) in [6, 6.07) is 12.5. The number of anilines is 1. The van der Waals surface area contributed by atoms with Crippen LogP contribution in [0.4, 0.5) is 5.82 Å². The van der Waals surface area contributed by atoms with E-state index >= 15 is 0 Å². The molecule has 0 bridgehead atoms. The molecule has 1 aromatic carbocycles. The first-order valence-corrected chi connectivity index (χ1v) is 5.79. The average molecular weight is 213 g/mol.